The Hall–Kier alpha value is -0.660. The molecule has 1 aliphatic heterocycles. The zero-order valence-corrected chi connectivity index (χ0v) is 15.0. The maximum Gasteiger partial charge on any atom is 0.223 e. The van der Waals surface area contributed by atoms with Gasteiger partial charge in [-0.1, -0.05) is 12.8 Å². The predicted molar refractivity (Wildman–Crippen MR) is 91.4 cm³/mol. The fourth-order valence-corrected chi connectivity index (χ4v) is 4.36. The highest BCUT2D eigenvalue weighted by Gasteiger charge is 2.30. The average molecular weight is 346 g/mol. The van der Waals surface area contributed by atoms with Crippen LogP contribution in [0.2, 0.25) is 0 Å². The predicted octanol–water partition coefficient (Wildman–Crippen LogP) is 1.21. The van der Waals surface area contributed by atoms with Gasteiger partial charge in [0, 0.05) is 31.6 Å². The third kappa shape index (κ3) is 6.04. The third-order valence-electron chi connectivity index (χ3n) is 5.19. The lowest BCUT2D eigenvalue weighted by Gasteiger charge is -2.38. The van der Waals surface area contributed by atoms with Crippen LogP contribution in [0.25, 0.3) is 0 Å². The summed E-state index contributed by atoms with van der Waals surface area (Å²) in [6, 6.07) is 0.313. The van der Waals surface area contributed by atoms with Gasteiger partial charge >= 0.3 is 0 Å². The molecule has 6 nitrogen and oxygen atoms in total. The van der Waals surface area contributed by atoms with Gasteiger partial charge in [0.25, 0.3) is 0 Å². The van der Waals surface area contributed by atoms with Crippen molar-refractivity contribution in [3.63, 3.8) is 0 Å². The van der Waals surface area contributed by atoms with Crippen molar-refractivity contribution in [2.45, 2.75) is 69.9 Å². The molecule has 1 saturated carbocycles. The van der Waals surface area contributed by atoms with Crippen molar-refractivity contribution in [3.05, 3.63) is 0 Å². The maximum atomic E-state index is 12.7. The molecule has 7 heteroatoms. The Morgan fingerprint density at radius 1 is 1.17 bits per heavy atom. The second-order valence-corrected chi connectivity index (χ2v) is 8.94. The molecule has 0 bridgehead atoms. The Morgan fingerprint density at radius 2 is 1.87 bits per heavy atom. The van der Waals surface area contributed by atoms with Crippen LogP contribution in [0.1, 0.15) is 57.8 Å². The second-order valence-electron chi connectivity index (χ2n) is 7.10. The van der Waals surface area contributed by atoms with E-state index in [-0.39, 0.29) is 18.0 Å². The van der Waals surface area contributed by atoms with Gasteiger partial charge in [0.05, 0.1) is 6.26 Å². The van der Waals surface area contributed by atoms with Crippen LogP contribution in [0.4, 0.5) is 0 Å². The van der Waals surface area contributed by atoms with Crippen LogP contribution < -0.4 is 10.5 Å². The summed E-state index contributed by atoms with van der Waals surface area (Å²) in [6.45, 7) is 1.19. The molecule has 2 rings (SSSR count). The zero-order valence-electron chi connectivity index (χ0n) is 14.2. The van der Waals surface area contributed by atoms with E-state index in [4.69, 9.17) is 5.73 Å². The van der Waals surface area contributed by atoms with Gasteiger partial charge < -0.3 is 10.6 Å². The van der Waals surface area contributed by atoms with Crippen LogP contribution in [0.5, 0.6) is 0 Å². The molecule has 0 aromatic rings. The zero-order chi connectivity index (χ0) is 16.9. The van der Waals surface area contributed by atoms with Crippen molar-refractivity contribution in [2.24, 2.45) is 11.7 Å². The number of rotatable bonds is 6. The molecule has 1 heterocycles. The number of piperidine rings is 1. The monoisotopic (exact) mass is 345 g/mol. The number of likely N-dealkylation sites (tertiary alicyclic amines) is 1. The number of hydrogen-bond acceptors (Lipinski definition) is 4. The summed E-state index contributed by atoms with van der Waals surface area (Å²) in [7, 11) is -3.16. The van der Waals surface area contributed by atoms with Crippen LogP contribution in [0.15, 0.2) is 0 Å². The van der Waals surface area contributed by atoms with Crippen LogP contribution >= 0.6 is 0 Å². The standard InChI is InChI=1S/C16H31N3O3S/c1-23(21,22)18-10-9-14-7-4-5-11-19(14)16(20)12-13-6-2-3-8-15(13)17/h13-15,18H,2-12,17H2,1H3. The van der Waals surface area contributed by atoms with E-state index in [0.29, 0.717) is 25.3 Å². The minimum atomic E-state index is -3.16. The number of carbonyl (C=O) groups is 1. The Balaban J connectivity index is 1.87. The van der Waals surface area contributed by atoms with Gasteiger partial charge in [0.15, 0.2) is 0 Å². The number of nitrogens with zero attached hydrogens (tertiary/aromatic N) is 1. The smallest absolute Gasteiger partial charge is 0.223 e. The van der Waals surface area contributed by atoms with E-state index in [2.05, 4.69) is 4.72 Å². The molecule has 2 aliphatic rings. The number of carbonyl (C=O) groups excluding carboxylic acids is 1. The molecule has 3 N–H and O–H groups in total. The topological polar surface area (TPSA) is 92.5 Å². The van der Waals surface area contributed by atoms with Crippen molar-refractivity contribution < 1.29 is 13.2 Å². The van der Waals surface area contributed by atoms with Crippen molar-refractivity contribution in [3.8, 4) is 0 Å². The Kier molecular flexibility index (Phi) is 6.85. The number of amides is 1. The van der Waals surface area contributed by atoms with Crippen molar-refractivity contribution >= 4 is 15.9 Å². The molecule has 23 heavy (non-hydrogen) atoms. The lowest BCUT2D eigenvalue weighted by atomic mass is 9.82. The summed E-state index contributed by atoms with van der Waals surface area (Å²) in [5.74, 6) is 0.518. The number of nitrogens with two attached hydrogens (primary N) is 1. The highest BCUT2D eigenvalue weighted by atomic mass is 32.2. The number of nitrogens with one attached hydrogen (secondary N) is 1. The molecule has 3 atom stereocenters. The van der Waals surface area contributed by atoms with Gasteiger partial charge in [-0.05, 0) is 44.4 Å². The second kappa shape index (κ2) is 8.44. The SMILES string of the molecule is CS(=O)(=O)NCCC1CCCCN1C(=O)CC1CCCCC1N. The fourth-order valence-electron chi connectivity index (χ4n) is 3.87. The van der Waals surface area contributed by atoms with Crippen LogP contribution in [0, 0.1) is 5.92 Å². The van der Waals surface area contributed by atoms with Crippen molar-refractivity contribution in [1.82, 2.24) is 9.62 Å². The minimum absolute atomic E-state index is 0.155. The first-order chi connectivity index (χ1) is 10.9. The number of hydrogen-bond donors (Lipinski definition) is 2. The molecule has 0 radical (unpaired) electrons. The van der Waals surface area contributed by atoms with E-state index in [1.54, 1.807) is 0 Å². The Morgan fingerprint density at radius 3 is 2.57 bits per heavy atom. The fraction of sp³-hybridized carbons (Fsp3) is 0.938. The third-order valence-corrected chi connectivity index (χ3v) is 5.92. The summed E-state index contributed by atoms with van der Waals surface area (Å²) in [5.41, 5.74) is 6.17. The minimum Gasteiger partial charge on any atom is -0.340 e. The van der Waals surface area contributed by atoms with E-state index >= 15 is 0 Å². The van der Waals surface area contributed by atoms with E-state index in [1.807, 2.05) is 4.90 Å². The summed E-state index contributed by atoms with van der Waals surface area (Å²) in [5, 5.41) is 0. The van der Waals surface area contributed by atoms with E-state index < -0.39 is 10.0 Å². The molecular weight excluding hydrogens is 314 g/mol. The molecule has 3 unspecified atom stereocenters. The van der Waals surface area contributed by atoms with E-state index in [9.17, 15) is 13.2 Å². The quantitative estimate of drug-likeness (QED) is 0.757. The van der Waals surface area contributed by atoms with Crippen LogP contribution in [0.3, 0.4) is 0 Å². The van der Waals surface area contributed by atoms with Crippen LogP contribution in [-0.2, 0) is 14.8 Å². The van der Waals surface area contributed by atoms with Gasteiger partial charge in [-0.25, -0.2) is 13.1 Å². The van der Waals surface area contributed by atoms with E-state index in [1.165, 1.54) is 19.1 Å². The summed E-state index contributed by atoms with van der Waals surface area (Å²) < 4.78 is 24.9. The summed E-state index contributed by atoms with van der Waals surface area (Å²) in [4.78, 5) is 14.7. The average Bonchev–Trinajstić information content (AvgIpc) is 2.49. The van der Waals surface area contributed by atoms with Crippen molar-refractivity contribution in [2.75, 3.05) is 19.3 Å². The first kappa shape index (κ1) is 18.7. The molecule has 0 spiro atoms. The molecule has 134 valence electrons. The van der Waals surface area contributed by atoms with Crippen LogP contribution in [-0.4, -0.2) is 50.7 Å². The molecule has 1 amide bonds. The Labute approximate surface area is 140 Å². The van der Waals surface area contributed by atoms with E-state index in [0.717, 1.165) is 38.6 Å². The molecular formula is C16H31N3O3S. The highest BCUT2D eigenvalue weighted by Crippen LogP contribution is 2.28. The molecule has 1 aliphatic carbocycles. The summed E-state index contributed by atoms with van der Waals surface area (Å²) in [6.07, 6.45) is 9.96. The van der Waals surface area contributed by atoms with Crippen molar-refractivity contribution in [1.29, 1.82) is 0 Å². The molecule has 0 aromatic heterocycles. The Bertz CT molecular complexity index is 495. The highest BCUT2D eigenvalue weighted by molar-refractivity contribution is 7.88. The van der Waals surface area contributed by atoms with Gasteiger partial charge in [-0.15, -0.1) is 0 Å². The largest absolute Gasteiger partial charge is 0.340 e. The maximum absolute atomic E-state index is 12.7. The van der Waals surface area contributed by atoms with Gasteiger partial charge in [0.1, 0.15) is 0 Å². The van der Waals surface area contributed by atoms with Gasteiger partial charge in [-0.3, -0.25) is 4.79 Å². The summed E-state index contributed by atoms with van der Waals surface area (Å²) >= 11 is 0. The van der Waals surface area contributed by atoms with Gasteiger partial charge in [-0.2, -0.15) is 0 Å². The number of sulfonamides is 1. The molecule has 0 aromatic carbocycles. The molecule has 1 saturated heterocycles. The first-order valence-corrected chi connectivity index (χ1v) is 10.8. The lowest BCUT2D eigenvalue weighted by Crippen LogP contribution is -2.47. The first-order valence-electron chi connectivity index (χ1n) is 8.86. The van der Waals surface area contributed by atoms with Gasteiger partial charge in [0.2, 0.25) is 15.9 Å². The molecule has 2 fully saturated rings. The normalized spacial score (nSPS) is 29.5. The lowest BCUT2D eigenvalue weighted by molar-refractivity contribution is -0.136.